The highest BCUT2D eigenvalue weighted by Gasteiger charge is 2.23. The lowest BCUT2D eigenvalue weighted by molar-refractivity contribution is 0.168. The number of para-hydroxylation sites is 2. The number of aliphatic hydroxyl groups excluding tert-OH is 1. The molecule has 0 aliphatic heterocycles. The smallest absolute Gasteiger partial charge is 0.141 e. The fraction of sp³-hybridized carbons (Fsp3) is 0.188. The summed E-state index contributed by atoms with van der Waals surface area (Å²) in [5, 5.41) is 15.8. The lowest BCUT2D eigenvalue weighted by Crippen LogP contribution is -2.25. The maximum Gasteiger partial charge on any atom is 0.141 e. The summed E-state index contributed by atoms with van der Waals surface area (Å²) in [5.41, 5.74) is 9.10. The number of nitrogens with zero attached hydrogens (tertiary/aromatic N) is 1. The largest absolute Gasteiger partial charge is 0.495 e. The minimum Gasteiger partial charge on any atom is -0.495 e. The summed E-state index contributed by atoms with van der Waals surface area (Å²) in [7, 11) is 1.66. The van der Waals surface area contributed by atoms with Crippen molar-refractivity contribution in [1.29, 1.82) is 0 Å². The fourth-order valence-electron chi connectivity index (χ4n) is 5.15. The van der Waals surface area contributed by atoms with Gasteiger partial charge in [0.1, 0.15) is 5.75 Å². The van der Waals surface area contributed by atoms with Crippen molar-refractivity contribution in [3.05, 3.63) is 108 Å². The van der Waals surface area contributed by atoms with Gasteiger partial charge in [-0.25, -0.2) is 0 Å². The van der Waals surface area contributed by atoms with Crippen LogP contribution in [0.3, 0.4) is 0 Å². The third-order valence-corrected chi connectivity index (χ3v) is 6.63. The first-order chi connectivity index (χ1) is 17.6. The summed E-state index contributed by atoms with van der Waals surface area (Å²) in [6.45, 7) is 5.17. The van der Waals surface area contributed by atoms with Crippen LogP contribution in [-0.2, 0) is 6.54 Å². The Morgan fingerprint density at radius 3 is 2.17 bits per heavy atom. The summed E-state index contributed by atoms with van der Waals surface area (Å²) in [6.07, 6.45) is -0.614. The van der Waals surface area contributed by atoms with E-state index in [-0.39, 0.29) is 0 Å². The van der Waals surface area contributed by atoms with Crippen LogP contribution >= 0.6 is 0 Å². The quantitative estimate of drug-likeness (QED) is 0.252. The Hall–Kier alpha value is -4.02. The number of aliphatic hydroxyl groups is 1. The van der Waals surface area contributed by atoms with Gasteiger partial charge < -0.3 is 19.7 Å². The summed E-state index contributed by atoms with van der Waals surface area (Å²) in [6, 6.07) is 33.3. The van der Waals surface area contributed by atoms with Crippen molar-refractivity contribution in [1.82, 2.24) is 4.57 Å². The van der Waals surface area contributed by atoms with E-state index in [4.69, 9.17) is 4.74 Å². The molecule has 4 nitrogen and oxygen atoms in total. The molecule has 0 aliphatic rings. The third kappa shape index (κ3) is 4.60. The van der Waals surface area contributed by atoms with Crippen LogP contribution in [-0.4, -0.2) is 29.4 Å². The Kier molecular flexibility index (Phi) is 6.79. The normalized spacial score (nSPS) is 12.0. The molecule has 0 spiro atoms. The number of benzene rings is 4. The van der Waals surface area contributed by atoms with Gasteiger partial charge in [-0.3, -0.25) is 0 Å². The molecule has 1 aromatic heterocycles. The van der Waals surface area contributed by atoms with Gasteiger partial charge in [-0.05, 0) is 48.7 Å². The molecule has 4 aromatic carbocycles. The Balaban J connectivity index is 1.63. The van der Waals surface area contributed by atoms with Crippen molar-refractivity contribution < 1.29 is 9.84 Å². The second-order valence-corrected chi connectivity index (χ2v) is 9.28. The Morgan fingerprint density at radius 1 is 0.833 bits per heavy atom. The third-order valence-electron chi connectivity index (χ3n) is 6.63. The summed E-state index contributed by atoms with van der Waals surface area (Å²) >= 11 is 0. The van der Waals surface area contributed by atoms with Crippen LogP contribution in [0, 0.1) is 13.8 Å². The molecular weight excluding hydrogens is 444 g/mol. The monoisotopic (exact) mass is 476 g/mol. The second kappa shape index (κ2) is 10.3. The van der Waals surface area contributed by atoms with Crippen LogP contribution in [0.4, 0.5) is 5.69 Å². The zero-order chi connectivity index (χ0) is 25.1. The molecule has 4 heteroatoms. The predicted molar refractivity (Wildman–Crippen MR) is 150 cm³/mol. The Bertz CT molecular complexity index is 1470. The minimum absolute atomic E-state index is 0.403. The van der Waals surface area contributed by atoms with Crippen LogP contribution in [0.15, 0.2) is 97.1 Å². The van der Waals surface area contributed by atoms with Gasteiger partial charge in [-0.15, -0.1) is 0 Å². The maximum atomic E-state index is 11.3. The minimum atomic E-state index is -0.614. The first-order valence-electron chi connectivity index (χ1n) is 12.4. The van der Waals surface area contributed by atoms with Gasteiger partial charge in [0.05, 0.1) is 36.7 Å². The van der Waals surface area contributed by atoms with E-state index in [0.29, 0.717) is 13.1 Å². The van der Waals surface area contributed by atoms with E-state index in [1.165, 1.54) is 27.6 Å². The SMILES string of the molecule is COc1ccccc1NC[C@@H](O)Cn1c(-c2ccccc2)c(-c2ccccc2)c2cc(C)cc(C)c21. The van der Waals surface area contributed by atoms with Gasteiger partial charge in [0.2, 0.25) is 0 Å². The molecule has 5 rings (SSSR count). The number of fused-ring (bicyclic) bond motifs is 1. The summed E-state index contributed by atoms with van der Waals surface area (Å²) in [5.74, 6) is 0.763. The molecule has 0 aliphatic carbocycles. The standard InChI is InChI=1S/C32H32N2O2/c1-22-18-23(2)31-27(19-22)30(24-12-6-4-7-13-24)32(25-14-8-5-9-15-25)34(31)21-26(35)20-33-28-16-10-11-17-29(28)36-3/h4-19,26,33,35H,20-21H2,1-3H3/t26-/m1/s1. The molecule has 0 radical (unpaired) electrons. The van der Waals surface area contributed by atoms with Crippen LogP contribution in [0.2, 0.25) is 0 Å². The molecule has 0 amide bonds. The van der Waals surface area contributed by atoms with E-state index in [1.54, 1.807) is 7.11 Å². The maximum absolute atomic E-state index is 11.3. The number of nitrogens with one attached hydrogen (secondary N) is 1. The molecule has 0 saturated heterocycles. The van der Waals surface area contributed by atoms with Crippen molar-refractivity contribution in [2.75, 3.05) is 19.0 Å². The number of hydrogen-bond acceptors (Lipinski definition) is 3. The Morgan fingerprint density at radius 2 is 1.47 bits per heavy atom. The number of methoxy groups -OCH3 is 1. The van der Waals surface area contributed by atoms with Crippen molar-refractivity contribution in [2.45, 2.75) is 26.5 Å². The Labute approximate surface area is 212 Å². The molecule has 182 valence electrons. The highest BCUT2D eigenvalue weighted by Crippen LogP contribution is 2.42. The van der Waals surface area contributed by atoms with E-state index < -0.39 is 6.10 Å². The zero-order valence-corrected chi connectivity index (χ0v) is 21.0. The van der Waals surface area contributed by atoms with Crippen LogP contribution < -0.4 is 10.1 Å². The average Bonchev–Trinajstić information content (AvgIpc) is 3.22. The molecule has 0 unspecified atom stereocenters. The van der Waals surface area contributed by atoms with E-state index in [1.807, 2.05) is 30.3 Å². The molecule has 0 fully saturated rings. The van der Waals surface area contributed by atoms with E-state index in [2.05, 4.69) is 90.5 Å². The van der Waals surface area contributed by atoms with Crippen LogP contribution in [0.25, 0.3) is 33.3 Å². The lowest BCUT2D eigenvalue weighted by atomic mass is 9.97. The number of hydrogen-bond donors (Lipinski definition) is 2. The van der Waals surface area contributed by atoms with E-state index >= 15 is 0 Å². The second-order valence-electron chi connectivity index (χ2n) is 9.28. The van der Waals surface area contributed by atoms with Gasteiger partial charge in [0.15, 0.2) is 0 Å². The van der Waals surface area contributed by atoms with E-state index in [9.17, 15) is 5.11 Å². The van der Waals surface area contributed by atoms with Crippen LogP contribution in [0.5, 0.6) is 5.75 Å². The number of ether oxygens (including phenoxy) is 1. The van der Waals surface area contributed by atoms with Gasteiger partial charge in [-0.1, -0.05) is 84.4 Å². The summed E-state index contributed by atoms with van der Waals surface area (Å²) in [4.78, 5) is 0. The van der Waals surface area contributed by atoms with Crippen molar-refractivity contribution in [3.8, 4) is 28.1 Å². The molecule has 0 saturated carbocycles. The molecule has 36 heavy (non-hydrogen) atoms. The lowest BCUT2D eigenvalue weighted by Gasteiger charge is -2.19. The predicted octanol–water partition coefficient (Wildman–Crippen LogP) is 7.07. The van der Waals surface area contributed by atoms with Gasteiger partial charge >= 0.3 is 0 Å². The number of aromatic nitrogens is 1. The highest BCUT2D eigenvalue weighted by atomic mass is 16.5. The molecule has 2 N–H and O–H groups in total. The highest BCUT2D eigenvalue weighted by molar-refractivity contribution is 6.06. The average molecular weight is 477 g/mol. The summed E-state index contributed by atoms with van der Waals surface area (Å²) < 4.78 is 7.76. The zero-order valence-electron chi connectivity index (χ0n) is 21.0. The molecule has 1 atom stereocenters. The number of rotatable bonds is 8. The van der Waals surface area contributed by atoms with E-state index in [0.717, 1.165) is 28.2 Å². The van der Waals surface area contributed by atoms with Gasteiger partial charge in [0, 0.05) is 17.5 Å². The van der Waals surface area contributed by atoms with Crippen molar-refractivity contribution in [2.24, 2.45) is 0 Å². The first kappa shape index (κ1) is 23.7. The number of anilines is 1. The number of aryl methyl sites for hydroxylation is 2. The fourth-order valence-corrected chi connectivity index (χ4v) is 5.15. The van der Waals surface area contributed by atoms with Gasteiger partial charge in [-0.2, -0.15) is 0 Å². The van der Waals surface area contributed by atoms with Crippen LogP contribution in [0.1, 0.15) is 11.1 Å². The molecular formula is C32H32N2O2. The first-order valence-corrected chi connectivity index (χ1v) is 12.4. The molecule has 5 aromatic rings. The van der Waals surface area contributed by atoms with Crippen molar-refractivity contribution in [3.63, 3.8) is 0 Å². The molecule has 0 bridgehead atoms. The topological polar surface area (TPSA) is 46.4 Å². The van der Waals surface area contributed by atoms with Crippen molar-refractivity contribution >= 4 is 16.6 Å². The van der Waals surface area contributed by atoms with Gasteiger partial charge in [0.25, 0.3) is 0 Å². The molecule has 1 heterocycles.